The third kappa shape index (κ3) is 25600. The van der Waals surface area contributed by atoms with Crippen LogP contribution in [0.4, 0.5) is 4.79 Å². The fourth-order valence-corrected chi connectivity index (χ4v) is 0. The van der Waals surface area contributed by atoms with Gasteiger partial charge in [-0.05, 0) is 0 Å². The molecule has 0 aliphatic rings. The van der Waals surface area contributed by atoms with Crippen LogP contribution in [0.5, 0.6) is 0 Å². The fraction of sp³-hybridized carbons (Fsp3) is 0. The molecule has 0 radical (unpaired) electrons. The summed E-state index contributed by atoms with van der Waals surface area (Å²) in [5.74, 6) is 0. The van der Waals surface area contributed by atoms with Gasteiger partial charge in [-0.2, -0.15) is 0 Å². The van der Waals surface area contributed by atoms with Crippen molar-refractivity contribution in [3.63, 3.8) is 0 Å². The summed E-state index contributed by atoms with van der Waals surface area (Å²) in [6, 6.07) is 0. The molecule has 0 amide bonds. The summed E-state index contributed by atoms with van der Waals surface area (Å²) in [7, 11) is 0. The van der Waals surface area contributed by atoms with Crippen molar-refractivity contribution >= 4 is 42.5 Å². The average Bonchev–Trinajstić information content (AvgIpc) is 1.41. The van der Waals surface area contributed by atoms with Crippen LogP contribution < -0.4 is 0 Å². The van der Waals surface area contributed by atoms with Gasteiger partial charge in [0.2, 0.25) is 0 Å². The Bertz CT molecular complexity index is 41.0. The molecule has 0 saturated carbocycles. The summed E-state index contributed by atoms with van der Waals surface area (Å²) in [4.78, 5) is 16.6. The van der Waals surface area contributed by atoms with Crippen LogP contribution >= 0.6 is 0 Å². The molecule has 0 aromatic heterocycles. The van der Waals surface area contributed by atoms with Gasteiger partial charge in [-0.15, -0.1) is 0 Å². The minimum atomic E-state index is -1.83. The Labute approximate surface area is 62.4 Å². The zero-order valence-corrected chi connectivity index (χ0v) is 2.92. The van der Waals surface area contributed by atoms with E-state index in [2.05, 4.69) is 0 Å². The van der Waals surface area contributed by atoms with Gasteiger partial charge in [0.05, 0.1) is 0 Å². The number of hydrogen-bond acceptors (Lipinski definition) is 2. The van der Waals surface area contributed by atoms with E-state index < -0.39 is 6.16 Å². The molecule has 38 valence electrons. The Morgan fingerprint density at radius 1 is 1.29 bits per heavy atom. The molecule has 0 aromatic rings. The van der Waals surface area contributed by atoms with Crippen LogP contribution in [0.2, 0.25) is 0 Å². The predicted octanol–water partition coefficient (Wildman–Crippen LogP) is -0.611. The number of carbonyl (C=O) groups excluding carboxylic acids is 1. The van der Waals surface area contributed by atoms with Crippen molar-refractivity contribution < 1.29 is 19.8 Å². The quantitative estimate of drug-likeness (QED) is 0.414. The first-order valence-electron chi connectivity index (χ1n) is 0.940. The summed E-state index contributed by atoms with van der Waals surface area (Å²) in [5, 5.41) is 13.9. The maximum atomic E-state index is 8.56. The van der Waals surface area contributed by atoms with Gasteiger partial charge in [-0.25, -0.2) is 4.79 Å². The van der Waals surface area contributed by atoms with Gasteiger partial charge in [-0.1, -0.05) is 0 Å². The third-order valence-corrected chi connectivity index (χ3v) is 0. The molecule has 0 saturated heterocycles. The first-order valence-corrected chi connectivity index (χ1v) is 0.940. The second kappa shape index (κ2) is 16.8. The normalized spacial score (nSPS) is 4.00. The van der Waals surface area contributed by atoms with Crippen molar-refractivity contribution in [3.8, 4) is 0 Å². The van der Waals surface area contributed by atoms with Gasteiger partial charge in [-0.3, -0.25) is 0 Å². The van der Waals surface area contributed by atoms with E-state index in [1.54, 1.807) is 0 Å². The van der Waals surface area contributed by atoms with Crippen molar-refractivity contribution in [1.29, 1.82) is 0 Å². The molecule has 0 fully saturated rings. The van der Waals surface area contributed by atoms with Crippen molar-refractivity contribution in [2.24, 2.45) is 0 Å². The van der Waals surface area contributed by atoms with Crippen molar-refractivity contribution in [3.05, 3.63) is 0 Å². The fourth-order valence-electron chi connectivity index (χ4n) is 0. The molecule has 0 aromatic carbocycles. The molecule has 5 heteroatoms. The predicted molar refractivity (Wildman–Crippen MR) is 24.9 cm³/mol. The summed E-state index contributed by atoms with van der Waals surface area (Å²) in [6.45, 7) is 2.00. The van der Waals surface area contributed by atoms with Gasteiger partial charge in [0.1, 0.15) is 6.79 Å². The number of carboxylic acid groups (broad SMARTS) is 2. The molecular weight excluding hydrogens is 111 g/mol. The molecule has 0 heterocycles. The summed E-state index contributed by atoms with van der Waals surface area (Å²) in [5.41, 5.74) is 0. The van der Waals surface area contributed by atoms with Gasteiger partial charge >= 0.3 is 35.7 Å². The standard InChI is InChI=1S/CH2O3.CH2O.Na.H/c2-1(3)4;1-2;;/h(H2,2,3,4);1H2;;. The van der Waals surface area contributed by atoms with Crippen LogP contribution in [-0.4, -0.2) is 52.7 Å². The van der Waals surface area contributed by atoms with E-state index >= 15 is 0 Å². The Hall–Kier alpha value is -0.0600. The number of rotatable bonds is 0. The molecule has 4 nitrogen and oxygen atoms in total. The van der Waals surface area contributed by atoms with E-state index in [0.29, 0.717) is 0 Å². The molecule has 7 heavy (non-hydrogen) atoms. The van der Waals surface area contributed by atoms with Crippen LogP contribution in [0.15, 0.2) is 0 Å². The Morgan fingerprint density at radius 2 is 1.29 bits per heavy atom. The molecule has 0 aliphatic heterocycles. The van der Waals surface area contributed by atoms with Crippen LogP contribution in [0.1, 0.15) is 0 Å². The van der Waals surface area contributed by atoms with E-state index in [1.165, 1.54) is 0 Å². The zero-order valence-electron chi connectivity index (χ0n) is 2.92. The van der Waals surface area contributed by atoms with Crippen LogP contribution in [-0.2, 0) is 4.79 Å². The molecule has 0 aliphatic carbocycles. The molecule has 0 rings (SSSR count). The second-order valence-corrected chi connectivity index (χ2v) is 0.283. The topological polar surface area (TPSA) is 74.6 Å². The van der Waals surface area contributed by atoms with E-state index in [9.17, 15) is 0 Å². The third-order valence-electron chi connectivity index (χ3n) is 0. The van der Waals surface area contributed by atoms with Crippen LogP contribution in [0.25, 0.3) is 0 Å². The summed E-state index contributed by atoms with van der Waals surface area (Å²) in [6.07, 6.45) is -1.83. The molecule has 0 bridgehead atoms. The number of carbonyl (C=O) groups is 2. The van der Waals surface area contributed by atoms with E-state index in [-0.39, 0.29) is 29.6 Å². The van der Waals surface area contributed by atoms with Gasteiger partial charge in [0, 0.05) is 0 Å². The second-order valence-electron chi connectivity index (χ2n) is 0.283. The molecule has 0 atom stereocenters. The summed E-state index contributed by atoms with van der Waals surface area (Å²) >= 11 is 0. The van der Waals surface area contributed by atoms with Gasteiger partial charge < -0.3 is 15.0 Å². The minimum absolute atomic E-state index is 0. The molecule has 0 unspecified atom stereocenters. The van der Waals surface area contributed by atoms with Gasteiger partial charge in [0.25, 0.3) is 0 Å². The Balaban J connectivity index is -0.0000000480. The average molecular weight is 116 g/mol. The zero-order chi connectivity index (χ0) is 5.58. The van der Waals surface area contributed by atoms with Crippen LogP contribution in [0.3, 0.4) is 0 Å². The van der Waals surface area contributed by atoms with E-state index in [4.69, 9.17) is 19.8 Å². The first-order chi connectivity index (χ1) is 2.73. The van der Waals surface area contributed by atoms with Crippen molar-refractivity contribution in [2.45, 2.75) is 0 Å². The molecular formula is C2H5NaO4. The summed E-state index contributed by atoms with van der Waals surface area (Å²) < 4.78 is 0. The van der Waals surface area contributed by atoms with E-state index in [1.807, 2.05) is 6.79 Å². The SMILES string of the molecule is C=O.O=C(O)O.[NaH]. The Morgan fingerprint density at radius 3 is 1.29 bits per heavy atom. The van der Waals surface area contributed by atoms with Crippen molar-refractivity contribution in [1.82, 2.24) is 0 Å². The number of hydrogen-bond donors (Lipinski definition) is 2. The Kier molecular flexibility index (Phi) is 37.8. The maximum absolute atomic E-state index is 8.56. The molecule has 0 spiro atoms. The van der Waals surface area contributed by atoms with E-state index in [0.717, 1.165) is 0 Å². The molecule has 2 N–H and O–H groups in total. The van der Waals surface area contributed by atoms with Crippen LogP contribution in [0, 0.1) is 0 Å². The van der Waals surface area contributed by atoms with Gasteiger partial charge in [0.15, 0.2) is 0 Å². The monoisotopic (exact) mass is 116 g/mol. The van der Waals surface area contributed by atoms with Crippen molar-refractivity contribution in [2.75, 3.05) is 0 Å². The first kappa shape index (κ1) is 15.8.